The van der Waals surface area contributed by atoms with Gasteiger partial charge in [0.25, 0.3) is 0 Å². The first-order chi connectivity index (χ1) is 7.74. The molecule has 2 unspecified atom stereocenters. The predicted octanol–water partition coefficient (Wildman–Crippen LogP) is 2.19. The van der Waals surface area contributed by atoms with Crippen molar-refractivity contribution >= 4 is 5.69 Å². The molecular formula is C13H19NO2. The SMILES string of the molecule is CCCC1Nc2ccc(OC)cc2CC1O. The van der Waals surface area contributed by atoms with E-state index in [1.165, 1.54) is 0 Å². The van der Waals surface area contributed by atoms with Crippen molar-refractivity contribution in [2.45, 2.75) is 38.3 Å². The van der Waals surface area contributed by atoms with Crippen LogP contribution in [0, 0.1) is 0 Å². The maximum atomic E-state index is 10.0. The molecule has 1 aromatic rings. The Morgan fingerprint density at radius 2 is 2.31 bits per heavy atom. The largest absolute Gasteiger partial charge is 0.497 e. The molecular weight excluding hydrogens is 202 g/mol. The van der Waals surface area contributed by atoms with Gasteiger partial charge in [0.15, 0.2) is 0 Å². The highest BCUT2D eigenvalue weighted by molar-refractivity contribution is 5.57. The minimum atomic E-state index is -0.292. The van der Waals surface area contributed by atoms with Gasteiger partial charge in [-0.05, 0) is 30.2 Å². The molecule has 3 nitrogen and oxygen atoms in total. The van der Waals surface area contributed by atoms with Crippen LogP contribution in [0.25, 0.3) is 0 Å². The molecule has 1 aliphatic rings. The van der Waals surface area contributed by atoms with Gasteiger partial charge in [-0.2, -0.15) is 0 Å². The molecule has 0 fully saturated rings. The molecule has 2 rings (SSSR count). The van der Waals surface area contributed by atoms with Crippen molar-refractivity contribution in [1.29, 1.82) is 0 Å². The number of anilines is 1. The van der Waals surface area contributed by atoms with Crippen LogP contribution in [0.1, 0.15) is 25.3 Å². The van der Waals surface area contributed by atoms with Crippen LogP contribution in [-0.4, -0.2) is 24.4 Å². The number of aliphatic hydroxyl groups is 1. The first-order valence-electron chi connectivity index (χ1n) is 5.86. The molecule has 0 amide bonds. The molecule has 88 valence electrons. The Morgan fingerprint density at radius 1 is 1.50 bits per heavy atom. The standard InChI is InChI=1S/C13H19NO2/c1-3-4-12-13(15)8-9-7-10(16-2)5-6-11(9)14-12/h5-7,12-15H,3-4,8H2,1-2H3. The van der Waals surface area contributed by atoms with Gasteiger partial charge in [-0.1, -0.05) is 13.3 Å². The van der Waals surface area contributed by atoms with Gasteiger partial charge in [0, 0.05) is 12.1 Å². The third-order valence-electron chi connectivity index (χ3n) is 3.15. The molecule has 0 aliphatic carbocycles. The van der Waals surface area contributed by atoms with Crippen LogP contribution in [-0.2, 0) is 6.42 Å². The van der Waals surface area contributed by atoms with Crippen molar-refractivity contribution in [3.8, 4) is 5.75 Å². The van der Waals surface area contributed by atoms with Gasteiger partial charge >= 0.3 is 0 Å². The first kappa shape index (κ1) is 11.3. The summed E-state index contributed by atoms with van der Waals surface area (Å²) >= 11 is 0. The summed E-state index contributed by atoms with van der Waals surface area (Å²) in [4.78, 5) is 0. The van der Waals surface area contributed by atoms with Crippen molar-refractivity contribution in [2.24, 2.45) is 0 Å². The Bertz CT molecular complexity index is 365. The molecule has 2 N–H and O–H groups in total. The van der Waals surface area contributed by atoms with Crippen LogP contribution >= 0.6 is 0 Å². The van der Waals surface area contributed by atoms with Gasteiger partial charge in [-0.3, -0.25) is 0 Å². The summed E-state index contributed by atoms with van der Waals surface area (Å²) in [7, 11) is 1.66. The number of nitrogens with one attached hydrogen (secondary N) is 1. The maximum absolute atomic E-state index is 10.0. The molecule has 0 saturated heterocycles. The number of methoxy groups -OCH3 is 1. The minimum absolute atomic E-state index is 0.186. The van der Waals surface area contributed by atoms with Crippen LogP contribution in [0.15, 0.2) is 18.2 Å². The average Bonchev–Trinajstić information content (AvgIpc) is 2.30. The van der Waals surface area contributed by atoms with Crippen molar-refractivity contribution in [1.82, 2.24) is 0 Å². The third kappa shape index (κ3) is 2.14. The summed E-state index contributed by atoms with van der Waals surface area (Å²) in [6.07, 6.45) is 2.51. The van der Waals surface area contributed by atoms with Gasteiger partial charge in [-0.15, -0.1) is 0 Å². The van der Waals surface area contributed by atoms with Gasteiger partial charge < -0.3 is 15.2 Å². The first-order valence-corrected chi connectivity index (χ1v) is 5.86. The number of rotatable bonds is 3. The number of fused-ring (bicyclic) bond motifs is 1. The molecule has 3 heteroatoms. The number of hydrogen-bond donors (Lipinski definition) is 2. The average molecular weight is 221 g/mol. The lowest BCUT2D eigenvalue weighted by atomic mass is 9.93. The van der Waals surface area contributed by atoms with E-state index in [0.717, 1.165) is 29.8 Å². The molecule has 1 aliphatic heterocycles. The second-order valence-electron chi connectivity index (χ2n) is 4.33. The summed E-state index contributed by atoms with van der Waals surface area (Å²) in [5.74, 6) is 0.849. The van der Waals surface area contributed by atoms with E-state index in [0.29, 0.717) is 6.42 Å². The smallest absolute Gasteiger partial charge is 0.119 e. The van der Waals surface area contributed by atoms with E-state index in [9.17, 15) is 5.11 Å². The Hall–Kier alpha value is -1.22. The van der Waals surface area contributed by atoms with E-state index in [4.69, 9.17) is 4.74 Å². The van der Waals surface area contributed by atoms with Crippen LogP contribution in [0.2, 0.25) is 0 Å². The maximum Gasteiger partial charge on any atom is 0.119 e. The van der Waals surface area contributed by atoms with Crippen molar-refractivity contribution in [2.75, 3.05) is 12.4 Å². The normalized spacial score (nSPS) is 23.4. The van der Waals surface area contributed by atoms with E-state index in [2.05, 4.69) is 12.2 Å². The zero-order valence-electron chi connectivity index (χ0n) is 9.86. The molecule has 1 heterocycles. The predicted molar refractivity (Wildman–Crippen MR) is 65.0 cm³/mol. The highest BCUT2D eigenvalue weighted by Crippen LogP contribution is 2.29. The highest BCUT2D eigenvalue weighted by atomic mass is 16.5. The summed E-state index contributed by atoms with van der Waals surface area (Å²) in [6.45, 7) is 2.14. The molecule has 0 spiro atoms. The number of benzene rings is 1. The minimum Gasteiger partial charge on any atom is -0.497 e. The monoisotopic (exact) mass is 221 g/mol. The fourth-order valence-electron chi connectivity index (χ4n) is 2.25. The van der Waals surface area contributed by atoms with Crippen LogP contribution < -0.4 is 10.1 Å². The molecule has 0 radical (unpaired) electrons. The molecule has 16 heavy (non-hydrogen) atoms. The molecule has 0 aromatic heterocycles. The number of ether oxygens (including phenoxy) is 1. The summed E-state index contributed by atoms with van der Waals surface area (Å²) in [5.41, 5.74) is 2.27. The van der Waals surface area contributed by atoms with E-state index in [-0.39, 0.29) is 12.1 Å². The van der Waals surface area contributed by atoms with Crippen molar-refractivity contribution < 1.29 is 9.84 Å². The molecule has 0 bridgehead atoms. The number of aliphatic hydroxyl groups excluding tert-OH is 1. The number of hydrogen-bond acceptors (Lipinski definition) is 3. The lowest BCUT2D eigenvalue weighted by Gasteiger charge is -2.31. The summed E-state index contributed by atoms with van der Waals surface area (Å²) < 4.78 is 5.18. The lowest BCUT2D eigenvalue weighted by Crippen LogP contribution is -2.39. The lowest BCUT2D eigenvalue weighted by molar-refractivity contribution is 0.143. The van der Waals surface area contributed by atoms with Crippen molar-refractivity contribution in [3.05, 3.63) is 23.8 Å². The molecule has 2 atom stereocenters. The van der Waals surface area contributed by atoms with Crippen molar-refractivity contribution in [3.63, 3.8) is 0 Å². The topological polar surface area (TPSA) is 41.5 Å². The van der Waals surface area contributed by atoms with E-state index in [1.54, 1.807) is 7.11 Å². The molecule has 1 aromatic carbocycles. The molecule has 0 saturated carbocycles. The van der Waals surface area contributed by atoms with Gasteiger partial charge in [-0.25, -0.2) is 0 Å². The third-order valence-corrected chi connectivity index (χ3v) is 3.15. The van der Waals surface area contributed by atoms with E-state index in [1.807, 2.05) is 18.2 Å². The zero-order chi connectivity index (χ0) is 11.5. The zero-order valence-corrected chi connectivity index (χ0v) is 9.86. The van der Waals surface area contributed by atoms with E-state index < -0.39 is 0 Å². The van der Waals surface area contributed by atoms with Crippen LogP contribution in [0.4, 0.5) is 5.69 Å². The van der Waals surface area contributed by atoms with Gasteiger partial charge in [0.2, 0.25) is 0 Å². The fraction of sp³-hybridized carbons (Fsp3) is 0.538. The second kappa shape index (κ2) is 4.74. The summed E-state index contributed by atoms with van der Waals surface area (Å²) in [6, 6.07) is 6.16. The Balaban J connectivity index is 2.20. The Morgan fingerprint density at radius 3 is 3.00 bits per heavy atom. The van der Waals surface area contributed by atoms with Gasteiger partial charge in [0.1, 0.15) is 5.75 Å². The quantitative estimate of drug-likeness (QED) is 0.822. The van der Waals surface area contributed by atoms with E-state index >= 15 is 0 Å². The van der Waals surface area contributed by atoms with Crippen LogP contribution in [0.3, 0.4) is 0 Å². The summed E-state index contributed by atoms with van der Waals surface area (Å²) in [5, 5.41) is 13.4. The second-order valence-corrected chi connectivity index (χ2v) is 4.33. The Labute approximate surface area is 96.4 Å². The Kier molecular flexibility index (Phi) is 3.34. The highest BCUT2D eigenvalue weighted by Gasteiger charge is 2.25. The van der Waals surface area contributed by atoms with Crippen LogP contribution in [0.5, 0.6) is 5.75 Å². The fourth-order valence-corrected chi connectivity index (χ4v) is 2.25. The van der Waals surface area contributed by atoms with Gasteiger partial charge in [0.05, 0.1) is 19.3 Å².